The lowest BCUT2D eigenvalue weighted by molar-refractivity contribution is -0.0833. The number of halogens is 2. The molecule has 0 heterocycles. The molecule has 2 nitrogen and oxygen atoms in total. The Morgan fingerprint density at radius 1 is 1.45 bits per heavy atom. The van der Waals surface area contributed by atoms with Crippen LogP contribution in [0, 0.1) is 5.82 Å². The maximum atomic E-state index is 13.9. The van der Waals surface area contributed by atoms with Gasteiger partial charge in [0.1, 0.15) is 5.82 Å². The Morgan fingerprint density at radius 3 is 2.70 bits per heavy atom. The van der Waals surface area contributed by atoms with Gasteiger partial charge in [0.15, 0.2) is 0 Å². The first-order valence-electron chi connectivity index (χ1n) is 7.31. The monoisotopic (exact) mass is 299 g/mol. The lowest BCUT2D eigenvalue weighted by atomic mass is 9.75. The predicted octanol–water partition coefficient (Wildman–Crippen LogP) is 3.96. The number of ether oxygens (including phenoxy) is 1. The molecule has 0 aromatic heterocycles. The van der Waals surface area contributed by atoms with Gasteiger partial charge in [-0.15, -0.1) is 0 Å². The van der Waals surface area contributed by atoms with Crippen molar-refractivity contribution in [1.82, 2.24) is 5.32 Å². The molecule has 0 spiro atoms. The molecule has 0 saturated heterocycles. The van der Waals surface area contributed by atoms with Crippen LogP contribution in [0.4, 0.5) is 4.39 Å². The number of hydrogen-bond acceptors (Lipinski definition) is 2. The fourth-order valence-electron chi connectivity index (χ4n) is 2.99. The van der Waals surface area contributed by atoms with Crippen molar-refractivity contribution in [2.75, 3.05) is 13.7 Å². The number of benzene rings is 1. The van der Waals surface area contributed by atoms with Gasteiger partial charge in [0, 0.05) is 23.7 Å². The van der Waals surface area contributed by atoms with Crippen LogP contribution in [-0.2, 0) is 11.2 Å². The minimum absolute atomic E-state index is 0.0232. The van der Waals surface area contributed by atoms with Crippen LogP contribution < -0.4 is 5.32 Å². The highest BCUT2D eigenvalue weighted by atomic mass is 35.5. The first-order chi connectivity index (χ1) is 9.60. The molecule has 0 radical (unpaired) electrons. The van der Waals surface area contributed by atoms with Crippen molar-refractivity contribution in [1.29, 1.82) is 0 Å². The minimum Gasteiger partial charge on any atom is -0.378 e. The number of methoxy groups -OCH3 is 1. The summed E-state index contributed by atoms with van der Waals surface area (Å²) >= 11 is 6.13. The molecule has 0 aliphatic heterocycles. The zero-order valence-corrected chi connectivity index (χ0v) is 13.0. The Balaban J connectivity index is 2.09. The van der Waals surface area contributed by atoms with Gasteiger partial charge >= 0.3 is 0 Å². The molecular formula is C16H23ClFNO. The van der Waals surface area contributed by atoms with Crippen LogP contribution in [0.1, 0.15) is 38.2 Å². The first kappa shape index (κ1) is 15.7. The normalized spacial score (nSPS) is 18.6. The molecule has 1 aliphatic carbocycles. The van der Waals surface area contributed by atoms with E-state index in [2.05, 4.69) is 12.2 Å². The summed E-state index contributed by atoms with van der Waals surface area (Å²) in [6.07, 6.45) is 4.91. The summed E-state index contributed by atoms with van der Waals surface area (Å²) < 4.78 is 19.6. The van der Waals surface area contributed by atoms with E-state index in [1.54, 1.807) is 19.2 Å². The van der Waals surface area contributed by atoms with Crippen LogP contribution in [0.3, 0.4) is 0 Å². The number of likely N-dealkylation sites (N-methyl/N-ethyl adjacent to an activating group) is 1. The van der Waals surface area contributed by atoms with Crippen LogP contribution in [0.5, 0.6) is 0 Å². The second kappa shape index (κ2) is 6.88. The summed E-state index contributed by atoms with van der Waals surface area (Å²) in [4.78, 5) is 0. The van der Waals surface area contributed by atoms with Crippen molar-refractivity contribution in [2.45, 2.75) is 50.7 Å². The Bertz CT molecular complexity index is 422. The van der Waals surface area contributed by atoms with Gasteiger partial charge in [-0.1, -0.05) is 24.6 Å². The van der Waals surface area contributed by atoms with E-state index in [0.717, 1.165) is 25.8 Å². The van der Waals surface area contributed by atoms with Gasteiger partial charge in [0.2, 0.25) is 0 Å². The third-order valence-electron chi connectivity index (χ3n) is 4.32. The molecule has 1 saturated carbocycles. The van der Waals surface area contributed by atoms with Crippen LogP contribution in [-0.4, -0.2) is 25.3 Å². The van der Waals surface area contributed by atoms with Gasteiger partial charge in [-0.2, -0.15) is 0 Å². The minimum atomic E-state index is -0.222. The Kier molecular flexibility index (Phi) is 5.42. The summed E-state index contributed by atoms with van der Waals surface area (Å²) in [5.74, 6) is -0.222. The van der Waals surface area contributed by atoms with E-state index >= 15 is 0 Å². The molecule has 112 valence electrons. The smallest absolute Gasteiger partial charge is 0.127 e. The Hall–Kier alpha value is -0.640. The number of nitrogens with one attached hydrogen (secondary N) is 1. The molecular weight excluding hydrogens is 277 g/mol. The fourth-order valence-corrected chi connectivity index (χ4v) is 3.23. The maximum Gasteiger partial charge on any atom is 0.127 e. The largest absolute Gasteiger partial charge is 0.378 e. The lowest BCUT2D eigenvalue weighted by Gasteiger charge is -2.43. The van der Waals surface area contributed by atoms with Crippen LogP contribution in [0.25, 0.3) is 0 Å². The van der Waals surface area contributed by atoms with Gasteiger partial charge in [0.05, 0.1) is 5.60 Å². The van der Waals surface area contributed by atoms with E-state index < -0.39 is 0 Å². The summed E-state index contributed by atoms with van der Waals surface area (Å²) in [6, 6.07) is 5.05. The van der Waals surface area contributed by atoms with E-state index in [-0.39, 0.29) is 17.5 Å². The van der Waals surface area contributed by atoms with Gasteiger partial charge in [-0.25, -0.2) is 4.39 Å². The van der Waals surface area contributed by atoms with Crippen molar-refractivity contribution >= 4 is 11.6 Å². The summed E-state index contributed by atoms with van der Waals surface area (Å²) in [6.45, 7) is 2.92. The quantitative estimate of drug-likeness (QED) is 0.823. The van der Waals surface area contributed by atoms with Crippen LogP contribution in [0.2, 0.25) is 5.02 Å². The molecule has 1 aromatic carbocycles. The van der Waals surface area contributed by atoms with Crippen molar-refractivity contribution < 1.29 is 9.13 Å². The molecule has 1 aromatic rings. The molecule has 2 rings (SSSR count). The highest BCUT2D eigenvalue weighted by Crippen LogP contribution is 2.39. The predicted molar refractivity (Wildman–Crippen MR) is 80.8 cm³/mol. The first-order valence-corrected chi connectivity index (χ1v) is 7.69. The molecule has 0 amide bonds. The van der Waals surface area contributed by atoms with Gasteiger partial charge in [-0.05, 0) is 50.8 Å². The Morgan fingerprint density at radius 2 is 2.20 bits per heavy atom. The van der Waals surface area contributed by atoms with Crippen molar-refractivity contribution in [3.63, 3.8) is 0 Å². The third-order valence-corrected chi connectivity index (χ3v) is 4.68. The molecule has 1 aliphatic rings. The highest BCUT2D eigenvalue weighted by Gasteiger charge is 2.39. The molecule has 0 bridgehead atoms. The van der Waals surface area contributed by atoms with E-state index in [1.807, 2.05) is 0 Å². The molecule has 1 atom stereocenters. The van der Waals surface area contributed by atoms with E-state index in [9.17, 15) is 4.39 Å². The zero-order chi connectivity index (χ0) is 14.6. The average molecular weight is 300 g/mol. The fraction of sp³-hybridized carbons (Fsp3) is 0.625. The topological polar surface area (TPSA) is 21.3 Å². The van der Waals surface area contributed by atoms with Gasteiger partial charge < -0.3 is 10.1 Å². The second-order valence-corrected chi connectivity index (χ2v) is 6.01. The maximum absolute atomic E-state index is 13.9. The van der Waals surface area contributed by atoms with Crippen LogP contribution >= 0.6 is 11.6 Å². The molecule has 1 N–H and O–H groups in total. The van der Waals surface area contributed by atoms with Crippen LogP contribution in [0.15, 0.2) is 18.2 Å². The second-order valence-electron chi connectivity index (χ2n) is 5.60. The molecule has 1 fully saturated rings. The number of rotatable bonds is 7. The van der Waals surface area contributed by atoms with Crippen molar-refractivity contribution in [3.05, 3.63) is 34.6 Å². The van der Waals surface area contributed by atoms with E-state index in [4.69, 9.17) is 16.3 Å². The van der Waals surface area contributed by atoms with Gasteiger partial charge in [-0.3, -0.25) is 0 Å². The summed E-state index contributed by atoms with van der Waals surface area (Å²) in [7, 11) is 1.78. The van der Waals surface area contributed by atoms with Crippen molar-refractivity contribution in [3.8, 4) is 0 Å². The zero-order valence-electron chi connectivity index (χ0n) is 12.2. The molecule has 4 heteroatoms. The third kappa shape index (κ3) is 3.51. The lowest BCUT2D eigenvalue weighted by Crippen LogP contribution is -2.46. The molecule has 1 unspecified atom stereocenters. The summed E-state index contributed by atoms with van der Waals surface area (Å²) in [5, 5.41) is 3.95. The average Bonchev–Trinajstić information content (AvgIpc) is 2.38. The highest BCUT2D eigenvalue weighted by molar-refractivity contribution is 6.31. The number of hydrogen-bond donors (Lipinski definition) is 1. The van der Waals surface area contributed by atoms with E-state index in [1.165, 1.54) is 12.5 Å². The molecule has 20 heavy (non-hydrogen) atoms. The standard InChI is InChI=1S/C16H23ClFNO/c1-3-19-12(11-16(20-2)8-5-9-16)10-13-14(17)6-4-7-15(13)18/h4,6-7,12,19H,3,5,8-11H2,1-2H3. The van der Waals surface area contributed by atoms with E-state index in [0.29, 0.717) is 17.0 Å². The Labute approximate surface area is 125 Å². The van der Waals surface area contributed by atoms with Gasteiger partial charge in [0.25, 0.3) is 0 Å². The SMILES string of the molecule is CCNC(Cc1c(F)cccc1Cl)CC1(OC)CCC1. The summed E-state index contributed by atoms with van der Waals surface area (Å²) in [5.41, 5.74) is 0.579. The van der Waals surface area contributed by atoms with Crippen molar-refractivity contribution in [2.24, 2.45) is 0 Å².